The fourth-order valence-corrected chi connectivity index (χ4v) is 4.96. The van der Waals surface area contributed by atoms with Gasteiger partial charge in [-0.2, -0.15) is 4.31 Å². The molecular weight excluding hydrogens is 364 g/mol. The Bertz CT molecular complexity index is 733. The Morgan fingerprint density at radius 2 is 2.07 bits per heavy atom. The Balaban J connectivity index is 2.05. The summed E-state index contributed by atoms with van der Waals surface area (Å²) >= 11 is 0. The molecule has 1 saturated heterocycles. The van der Waals surface area contributed by atoms with Gasteiger partial charge in [-0.25, -0.2) is 8.42 Å². The molecule has 7 heteroatoms. The van der Waals surface area contributed by atoms with Crippen LogP contribution in [0.1, 0.15) is 51.5 Å². The molecule has 152 valence electrons. The number of nitrogens with one attached hydrogen (secondary N) is 1. The van der Waals surface area contributed by atoms with Gasteiger partial charge in [-0.05, 0) is 56.9 Å². The second-order valence-corrected chi connectivity index (χ2v) is 9.00. The summed E-state index contributed by atoms with van der Waals surface area (Å²) in [4.78, 5) is 12.6. The van der Waals surface area contributed by atoms with Crippen LogP contribution in [-0.4, -0.2) is 44.9 Å². The van der Waals surface area contributed by atoms with E-state index in [-0.39, 0.29) is 23.3 Å². The van der Waals surface area contributed by atoms with E-state index in [1.807, 2.05) is 13.8 Å². The SMILES string of the molecule is CCCCCNC(=O)[C@H]1CCCN(S(=O)(=O)c2ccc(OCC)c(C)c2)C1. The van der Waals surface area contributed by atoms with Crippen molar-refractivity contribution in [2.24, 2.45) is 5.92 Å². The van der Waals surface area contributed by atoms with Crippen molar-refractivity contribution in [2.75, 3.05) is 26.2 Å². The topological polar surface area (TPSA) is 75.7 Å². The molecule has 0 aliphatic carbocycles. The summed E-state index contributed by atoms with van der Waals surface area (Å²) in [6.45, 7) is 7.75. The maximum absolute atomic E-state index is 13.0. The Kier molecular flexibility index (Phi) is 8.10. The van der Waals surface area contributed by atoms with E-state index in [2.05, 4.69) is 12.2 Å². The molecule has 1 heterocycles. The molecule has 0 bridgehead atoms. The third-order valence-corrected chi connectivity index (χ3v) is 6.78. The fraction of sp³-hybridized carbons (Fsp3) is 0.650. The number of carbonyl (C=O) groups excluding carboxylic acids is 1. The standard InChI is InChI=1S/C20H32N2O4S/c1-4-6-7-12-21-20(23)17-9-8-13-22(15-17)27(24,25)18-10-11-19(26-5-2)16(3)14-18/h10-11,14,17H,4-9,12-13,15H2,1-3H3,(H,21,23)/t17-/m0/s1. The van der Waals surface area contributed by atoms with Gasteiger partial charge in [0.15, 0.2) is 0 Å². The van der Waals surface area contributed by atoms with E-state index >= 15 is 0 Å². The first-order valence-electron chi connectivity index (χ1n) is 9.91. The van der Waals surface area contributed by atoms with Crippen LogP contribution < -0.4 is 10.1 Å². The van der Waals surface area contributed by atoms with E-state index in [0.29, 0.717) is 31.9 Å². The minimum absolute atomic E-state index is 0.0334. The number of hydrogen-bond acceptors (Lipinski definition) is 4. The van der Waals surface area contributed by atoms with Crippen LogP contribution in [-0.2, 0) is 14.8 Å². The average molecular weight is 397 g/mol. The van der Waals surface area contributed by atoms with Crippen molar-refractivity contribution >= 4 is 15.9 Å². The van der Waals surface area contributed by atoms with Crippen molar-refractivity contribution in [2.45, 2.75) is 57.8 Å². The van der Waals surface area contributed by atoms with Crippen molar-refractivity contribution < 1.29 is 17.9 Å². The second kappa shape index (κ2) is 10.1. The van der Waals surface area contributed by atoms with Crippen LogP contribution in [0.15, 0.2) is 23.1 Å². The maximum Gasteiger partial charge on any atom is 0.243 e. The van der Waals surface area contributed by atoms with Gasteiger partial charge in [-0.15, -0.1) is 0 Å². The molecule has 1 aromatic carbocycles. The zero-order chi connectivity index (χ0) is 19.9. The maximum atomic E-state index is 13.0. The summed E-state index contributed by atoms with van der Waals surface area (Å²) in [5, 5.41) is 2.95. The highest BCUT2D eigenvalue weighted by Crippen LogP contribution is 2.27. The van der Waals surface area contributed by atoms with Crippen LogP contribution in [0.4, 0.5) is 0 Å². The molecule has 0 unspecified atom stereocenters. The summed E-state index contributed by atoms with van der Waals surface area (Å²) in [5.41, 5.74) is 0.792. The van der Waals surface area contributed by atoms with Gasteiger partial charge in [-0.1, -0.05) is 19.8 Å². The van der Waals surface area contributed by atoms with E-state index in [1.165, 1.54) is 4.31 Å². The van der Waals surface area contributed by atoms with Crippen molar-refractivity contribution in [1.82, 2.24) is 9.62 Å². The van der Waals surface area contributed by atoms with Gasteiger partial charge in [0.2, 0.25) is 15.9 Å². The molecule has 0 radical (unpaired) electrons. The second-order valence-electron chi connectivity index (χ2n) is 7.06. The van der Waals surface area contributed by atoms with E-state index < -0.39 is 10.0 Å². The van der Waals surface area contributed by atoms with Crippen LogP contribution in [0.3, 0.4) is 0 Å². The molecule has 0 spiro atoms. The average Bonchev–Trinajstić information content (AvgIpc) is 2.67. The lowest BCUT2D eigenvalue weighted by molar-refractivity contribution is -0.126. The third kappa shape index (κ3) is 5.69. The predicted octanol–water partition coefficient (Wildman–Crippen LogP) is 3.10. The molecule has 2 rings (SSSR count). The molecular formula is C20H32N2O4S. The fourth-order valence-electron chi connectivity index (χ4n) is 3.35. The highest BCUT2D eigenvalue weighted by molar-refractivity contribution is 7.89. The molecule has 1 aliphatic heterocycles. The summed E-state index contributed by atoms with van der Waals surface area (Å²) in [6, 6.07) is 4.93. The van der Waals surface area contributed by atoms with Crippen LogP contribution in [0.2, 0.25) is 0 Å². The van der Waals surface area contributed by atoms with Crippen molar-refractivity contribution in [1.29, 1.82) is 0 Å². The first-order valence-corrected chi connectivity index (χ1v) is 11.4. The zero-order valence-corrected chi connectivity index (χ0v) is 17.5. The number of ether oxygens (including phenoxy) is 1. The smallest absolute Gasteiger partial charge is 0.243 e. The molecule has 1 amide bonds. The van der Waals surface area contributed by atoms with Gasteiger partial charge < -0.3 is 10.1 Å². The van der Waals surface area contributed by atoms with Gasteiger partial charge >= 0.3 is 0 Å². The van der Waals surface area contributed by atoms with Crippen molar-refractivity contribution in [3.63, 3.8) is 0 Å². The monoisotopic (exact) mass is 396 g/mol. The quantitative estimate of drug-likeness (QED) is 0.651. The summed E-state index contributed by atoms with van der Waals surface area (Å²) in [6.07, 6.45) is 4.58. The summed E-state index contributed by atoms with van der Waals surface area (Å²) in [5.74, 6) is 0.382. The number of sulfonamides is 1. The number of carbonyl (C=O) groups is 1. The van der Waals surface area contributed by atoms with Gasteiger partial charge in [0.1, 0.15) is 5.75 Å². The van der Waals surface area contributed by atoms with Gasteiger partial charge in [0.25, 0.3) is 0 Å². The lowest BCUT2D eigenvalue weighted by atomic mass is 9.99. The first-order chi connectivity index (χ1) is 12.9. The van der Waals surface area contributed by atoms with Gasteiger partial charge in [0.05, 0.1) is 17.4 Å². The molecule has 0 saturated carbocycles. The number of nitrogens with zero attached hydrogens (tertiary/aromatic N) is 1. The minimum Gasteiger partial charge on any atom is -0.494 e. The van der Waals surface area contributed by atoms with E-state index in [4.69, 9.17) is 4.74 Å². The van der Waals surface area contributed by atoms with Gasteiger partial charge in [-0.3, -0.25) is 4.79 Å². The molecule has 1 aliphatic rings. The highest BCUT2D eigenvalue weighted by atomic mass is 32.2. The molecule has 27 heavy (non-hydrogen) atoms. The molecule has 1 aromatic rings. The molecule has 0 aromatic heterocycles. The Labute approximate surface area is 163 Å². The number of benzene rings is 1. The van der Waals surface area contributed by atoms with Gasteiger partial charge in [0, 0.05) is 19.6 Å². The largest absolute Gasteiger partial charge is 0.494 e. The zero-order valence-electron chi connectivity index (χ0n) is 16.7. The molecule has 6 nitrogen and oxygen atoms in total. The number of hydrogen-bond donors (Lipinski definition) is 1. The summed E-state index contributed by atoms with van der Waals surface area (Å²) in [7, 11) is -3.61. The number of aryl methyl sites for hydroxylation is 1. The van der Waals surface area contributed by atoms with E-state index in [1.54, 1.807) is 18.2 Å². The van der Waals surface area contributed by atoms with Crippen LogP contribution in [0, 0.1) is 12.8 Å². The lowest BCUT2D eigenvalue weighted by Crippen LogP contribution is -2.45. The normalized spacial score (nSPS) is 18.3. The Morgan fingerprint density at radius 3 is 2.74 bits per heavy atom. The van der Waals surface area contributed by atoms with Crippen LogP contribution in [0.5, 0.6) is 5.75 Å². The van der Waals surface area contributed by atoms with Crippen LogP contribution in [0.25, 0.3) is 0 Å². The highest BCUT2D eigenvalue weighted by Gasteiger charge is 2.33. The van der Waals surface area contributed by atoms with E-state index in [0.717, 1.165) is 31.2 Å². The van der Waals surface area contributed by atoms with E-state index in [9.17, 15) is 13.2 Å². The predicted molar refractivity (Wildman–Crippen MR) is 106 cm³/mol. The molecule has 1 atom stereocenters. The molecule has 1 N–H and O–H groups in total. The molecule has 1 fully saturated rings. The Hall–Kier alpha value is -1.60. The minimum atomic E-state index is -3.61. The van der Waals surface area contributed by atoms with Crippen molar-refractivity contribution in [3.05, 3.63) is 23.8 Å². The van der Waals surface area contributed by atoms with Crippen LogP contribution >= 0.6 is 0 Å². The number of rotatable bonds is 9. The summed E-state index contributed by atoms with van der Waals surface area (Å²) < 4.78 is 33.0. The van der Waals surface area contributed by atoms with Crippen molar-refractivity contribution in [3.8, 4) is 5.75 Å². The lowest BCUT2D eigenvalue weighted by Gasteiger charge is -2.31. The number of amides is 1. The third-order valence-electron chi connectivity index (χ3n) is 4.92. The Morgan fingerprint density at radius 1 is 1.30 bits per heavy atom. The number of unbranched alkanes of at least 4 members (excludes halogenated alkanes) is 2. The number of piperidine rings is 1. The first kappa shape index (κ1) is 21.7.